The molecule has 1 heterocycles. The molecule has 136 valence electrons. The maximum Gasteiger partial charge on any atom is 0.246 e. The molecule has 0 unspecified atom stereocenters. The molecule has 0 saturated heterocycles. The molecule has 0 aliphatic carbocycles. The van der Waals surface area contributed by atoms with Crippen molar-refractivity contribution in [3.8, 4) is 5.75 Å². The predicted octanol–water partition coefficient (Wildman–Crippen LogP) is 1.63. The highest BCUT2D eigenvalue weighted by atomic mass is 35.5. The van der Waals surface area contributed by atoms with E-state index in [2.05, 4.69) is 15.7 Å². The van der Waals surface area contributed by atoms with Gasteiger partial charge in [0.2, 0.25) is 11.8 Å². The van der Waals surface area contributed by atoms with Crippen LogP contribution in [0.4, 0.5) is 11.4 Å². The van der Waals surface area contributed by atoms with Gasteiger partial charge in [-0.15, -0.1) is 12.4 Å². The van der Waals surface area contributed by atoms with E-state index in [1.807, 2.05) is 0 Å². The van der Waals surface area contributed by atoms with Crippen molar-refractivity contribution in [3.05, 3.63) is 36.7 Å². The van der Waals surface area contributed by atoms with Crippen LogP contribution in [-0.4, -0.2) is 35.2 Å². The molecule has 1 aromatic heterocycles. The molecule has 4 N–H and O–H groups in total. The minimum Gasteiger partial charge on any atom is -0.497 e. The van der Waals surface area contributed by atoms with Crippen molar-refractivity contribution in [2.75, 3.05) is 24.3 Å². The van der Waals surface area contributed by atoms with Crippen LogP contribution in [0.1, 0.15) is 12.8 Å². The molecule has 0 saturated carbocycles. The number of nitrogens with one attached hydrogen (secondary N) is 2. The van der Waals surface area contributed by atoms with Gasteiger partial charge in [-0.2, -0.15) is 5.10 Å². The molecule has 25 heavy (non-hydrogen) atoms. The minimum absolute atomic E-state index is 0. The van der Waals surface area contributed by atoms with E-state index in [1.165, 1.54) is 10.9 Å². The molecule has 2 aromatic rings. The summed E-state index contributed by atoms with van der Waals surface area (Å²) in [6, 6.07) is 7.03. The van der Waals surface area contributed by atoms with Crippen molar-refractivity contribution in [1.82, 2.24) is 9.78 Å². The second-order valence-electron chi connectivity index (χ2n) is 5.14. The van der Waals surface area contributed by atoms with Crippen molar-refractivity contribution in [2.24, 2.45) is 5.73 Å². The number of hydrogen-bond donors (Lipinski definition) is 3. The fraction of sp³-hybridized carbons (Fsp3) is 0.312. The first-order valence-corrected chi connectivity index (χ1v) is 7.57. The molecule has 2 amide bonds. The van der Waals surface area contributed by atoms with Crippen LogP contribution < -0.4 is 21.1 Å². The number of ether oxygens (including phenoxy) is 1. The van der Waals surface area contributed by atoms with Crippen LogP contribution in [0.5, 0.6) is 5.75 Å². The van der Waals surface area contributed by atoms with Gasteiger partial charge < -0.3 is 21.1 Å². The Balaban J connectivity index is 0.00000312. The Morgan fingerprint density at radius 2 is 1.84 bits per heavy atom. The van der Waals surface area contributed by atoms with Crippen LogP contribution in [0.15, 0.2) is 36.7 Å². The van der Waals surface area contributed by atoms with Gasteiger partial charge in [-0.05, 0) is 37.2 Å². The fourth-order valence-electron chi connectivity index (χ4n) is 2.02. The summed E-state index contributed by atoms with van der Waals surface area (Å²) in [7, 11) is 1.58. The summed E-state index contributed by atoms with van der Waals surface area (Å²) in [6.07, 6.45) is 4.10. The normalized spacial score (nSPS) is 9.84. The van der Waals surface area contributed by atoms with Crippen LogP contribution in [0.2, 0.25) is 0 Å². The highest BCUT2D eigenvalue weighted by Crippen LogP contribution is 2.15. The maximum absolute atomic E-state index is 12.0. The Bertz CT molecular complexity index is 687. The number of carbonyl (C=O) groups is 2. The van der Waals surface area contributed by atoms with E-state index in [-0.39, 0.29) is 30.8 Å². The SMILES string of the molecule is COc1ccc(NC(=O)Cn2cc(NC(=O)CCCN)cn2)cc1.Cl. The molecular weight excluding hydrogens is 346 g/mol. The monoisotopic (exact) mass is 367 g/mol. The second-order valence-corrected chi connectivity index (χ2v) is 5.14. The number of hydrogen-bond acceptors (Lipinski definition) is 5. The maximum atomic E-state index is 12.0. The van der Waals surface area contributed by atoms with Gasteiger partial charge in [-0.1, -0.05) is 0 Å². The highest BCUT2D eigenvalue weighted by molar-refractivity contribution is 5.91. The molecular formula is C16H22ClN5O3. The molecule has 2 rings (SSSR count). The van der Waals surface area contributed by atoms with Crippen molar-refractivity contribution in [2.45, 2.75) is 19.4 Å². The van der Waals surface area contributed by atoms with Crippen LogP contribution in [0.3, 0.4) is 0 Å². The van der Waals surface area contributed by atoms with E-state index < -0.39 is 0 Å². The number of aromatic nitrogens is 2. The van der Waals surface area contributed by atoms with Gasteiger partial charge in [0.05, 0.1) is 19.0 Å². The van der Waals surface area contributed by atoms with Gasteiger partial charge in [0.25, 0.3) is 0 Å². The summed E-state index contributed by atoms with van der Waals surface area (Å²) in [5.74, 6) is 0.377. The zero-order valence-electron chi connectivity index (χ0n) is 13.9. The molecule has 0 aliphatic heterocycles. The zero-order chi connectivity index (χ0) is 17.4. The first kappa shape index (κ1) is 20.5. The van der Waals surface area contributed by atoms with Gasteiger partial charge in [0, 0.05) is 18.3 Å². The van der Waals surface area contributed by atoms with Crippen LogP contribution in [0.25, 0.3) is 0 Å². The number of anilines is 2. The summed E-state index contributed by atoms with van der Waals surface area (Å²) in [6.45, 7) is 0.517. The summed E-state index contributed by atoms with van der Waals surface area (Å²) in [4.78, 5) is 23.6. The average molecular weight is 368 g/mol. The quantitative estimate of drug-likeness (QED) is 0.656. The third-order valence-corrected chi connectivity index (χ3v) is 3.20. The van der Waals surface area contributed by atoms with Crippen LogP contribution in [0, 0.1) is 0 Å². The van der Waals surface area contributed by atoms with Crippen molar-refractivity contribution < 1.29 is 14.3 Å². The van der Waals surface area contributed by atoms with Crippen LogP contribution >= 0.6 is 12.4 Å². The lowest BCUT2D eigenvalue weighted by atomic mass is 10.3. The molecule has 1 aromatic carbocycles. The minimum atomic E-state index is -0.218. The van der Waals surface area contributed by atoms with Gasteiger partial charge >= 0.3 is 0 Å². The van der Waals surface area contributed by atoms with Crippen molar-refractivity contribution >= 4 is 35.6 Å². The summed E-state index contributed by atoms with van der Waals surface area (Å²) in [5.41, 5.74) is 6.58. The van der Waals surface area contributed by atoms with Gasteiger partial charge in [-0.3, -0.25) is 14.3 Å². The number of benzene rings is 1. The van der Waals surface area contributed by atoms with E-state index in [9.17, 15) is 9.59 Å². The third-order valence-electron chi connectivity index (χ3n) is 3.20. The first-order valence-electron chi connectivity index (χ1n) is 7.57. The Morgan fingerprint density at radius 1 is 1.16 bits per heavy atom. The number of methoxy groups -OCH3 is 1. The molecule has 9 heteroatoms. The third kappa shape index (κ3) is 6.82. The summed E-state index contributed by atoms with van der Waals surface area (Å²) >= 11 is 0. The number of nitrogens with two attached hydrogens (primary N) is 1. The second kappa shape index (κ2) is 10.3. The Morgan fingerprint density at radius 3 is 2.48 bits per heavy atom. The lowest BCUT2D eigenvalue weighted by Gasteiger charge is -2.06. The molecule has 0 radical (unpaired) electrons. The topological polar surface area (TPSA) is 111 Å². The lowest BCUT2D eigenvalue weighted by molar-refractivity contribution is -0.117. The number of rotatable bonds is 8. The van der Waals surface area contributed by atoms with E-state index in [0.29, 0.717) is 30.8 Å². The first-order chi connectivity index (χ1) is 11.6. The summed E-state index contributed by atoms with van der Waals surface area (Å²) < 4.78 is 6.52. The standard InChI is InChI=1S/C16H21N5O3.ClH/c1-24-14-6-4-12(5-7-14)19-16(23)11-21-10-13(9-18-21)20-15(22)3-2-8-17;/h4-7,9-10H,2-3,8,11,17H2,1H3,(H,19,23)(H,20,22);1H. The average Bonchev–Trinajstić information content (AvgIpc) is 3.00. The number of halogens is 1. The Labute approximate surface area is 152 Å². The van der Waals surface area contributed by atoms with Gasteiger partial charge in [0.15, 0.2) is 0 Å². The predicted molar refractivity (Wildman–Crippen MR) is 98.0 cm³/mol. The van der Waals surface area contributed by atoms with Crippen molar-refractivity contribution in [1.29, 1.82) is 0 Å². The van der Waals surface area contributed by atoms with Crippen LogP contribution in [-0.2, 0) is 16.1 Å². The molecule has 0 spiro atoms. The summed E-state index contributed by atoms with van der Waals surface area (Å²) in [5, 5.41) is 9.53. The van der Waals surface area contributed by atoms with Gasteiger partial charge in [-0.25, -0.2) is 0 Å². The molecule has 8 nitrogen and oxygen atoms in total. The van der Waals surface area contributed by atoms with E-state index in [1.54, 1.807) is 37.6 Å². The molecule has 0 aliphatic rings. The molecule has 0 bridgehead atoms. The van der Waals surface area contributed by atoms with E-state index in [4.69, 9.17) is 10.5 Å². The largest absolute Gasteiger partial charge is 0.497 e. The number of carbonyl (C=O) groups excluding carboxylic acids is 2. The zero-order valence-corrected chi connectivity index (χ0v) is 14.7. The van der Waals surface area contributed by atoms with Gasteiger partial charge in [0.1, 0.15) is 12.3 Å². The molecule has 0 fully saturated rings. The van der Waals surface area contributed by atoms with E-state index >= 15 is 0 Å². The molecule has 0 atom stereocenters. The number of nitrogens with zero attached hydrogens (tertiary/aromatic N) is 2. The Kier molecular flexibility index (Phi) is 8.45. The van der Waals surface area contributed by atoms with E-state index in [0.717, 1.165) is 5.75 Å². The fourth-order valence-corrected chi connectivity index (χ4v) is 2.02. The van der Waals surface area contributed by atoms with Crippen molar-refractivity contribution in [3.63, 3.8) is 0 Å². The Hall–Kier alpha value is -2.58. The highest BCUT2D eigenvalue weighted by Gasteiger charge is 2.07. The smallest absolute Gasteiger partial charge is 0.246 e. The number of amides is 2. The lowest BCUT2D eigenvalue weighted by Crippen LogP contribution is -2.19.